The number of aromatic amines is 2. The molecule has 2 aliphatic carbocycles. The summed E-state index contributed by atoms with van der Waals surface area (Å²) in [6.07, 6.45) is 13.4. The predicted octanol–water partition coefficient (Wildman–Crippen LogP) is 4.86. The molecule has 8 rings (SSSR count). The van der Waals surface area contributed by atoms with Gasteiger partial charge in [0.05, 0.1) is 35.9 Å². The lowest BCUT2D eigenvalue weighted by molar-refractivity contribution is -0.120. The predicted molar refractivity (Wildman–Crippen MR) is 180 cm³/mol. The Labute approximate surface area is 283 Å². The SMILES string of the molecule is NC(=O)C[C@H](C1CCCC1)n1cc(-c2ncnc3[nH]ccc23)cn1.[2H]C1([2H])CCC([2H])([2H])C1([2H])[C@@H](CC(N)=O)n1cc(-c2ncnc3[nH]ccc23)cn1. The summed E-state index contributed by atoms with van der Waals surface area (Å²) in [6.45, 7) is 0. The minimum Gasteiger partial charge on any atom is -0.370 e. The van der Waals surface area contributed by atoms with Crippen molar-refractivity contribution in [3.05, 3.63) is 62.0 Å². The molecule has 2 aliphatic rings. The summed E-state index contributed by atoms with van der Waals surface area (Å²) < 4.78 is 45.2. The third kappa shape index (κ3) is 6.55. The average molecular weight is 654 g/mol. The van der Waals surface area contributed by atoms with E-state index in [0.29, 0.717) is 29.2 Å². The molecule has 0 radical (unpaired) electrons. The van der Waals surface area contributed by atoms with Crippen LogP contribution in [0.4, 0.5) is 0 Å². The highest BCUT2D eigenvalue weighted by Crippen LogP contribution is 2.38. The summed E-state index contributed by atoms with van der Waals surface area (Å²) in [5.74, 6) is -2.82. The van der Waals surface area contributed by atoms with E-state index in [4.69, 9.17) is 18.3 Å². The first-order chi connectivity index (χ1) is 25.3. The molecule has 14 heteroatoms. The number of rotatable bonds is 10. The maximum Gasteiger partial charge on any atom is 0.219 e. The highest BCUT2D eigenvalue weighted by atomic mass is 16.1. The van der Waals surface area contributed by atoms with Crippen molar-refractivity contribution in [1.29, 1.82) is 0 Å². The first-order valence-electron chi connectivity index (χ1n) is 18.5. The fourth-order valence-corrected chi connectivity index (χ4v) is 6.71. The summed E-state index contributed by atoms with van der Waals surface area (Å²) in [6, 6.07) is 2.58. The van der Waals surface area contributed by atoms with E-state index < -0.39 is 37.0 Å². The number of nitrogens with two attached hydrogens (primary N) is 2. The molecule has 2 atom stereocenters. The molecule has 6 heterocycles. The molecule has 0 bridgehead atoms. The Kier molecular flexibility index (Phi) is 7.35. The molecule has 0 aliphatic heterocycles. The van der Waals surface area contributed by atoms with Crippen LogP contribution in [0, 0.1) is 11.8 Å². The van der Waals surface area contributed by atoms with Gasteiger partial charge in [0.15, 0.2) is 0 Å². The van der Waals surface area contributed by atoms with Crippen molar-refractivity contribution in [3.63, 3.8) is 0 Å². The van der Waals surface area contributed by atoms with Gasteiger partial charge in [0, 0.05) is 66.4 Å². The van der Waals surface area contributed by atoms with Gasteiger partial charge in [-0.1, -0.05) is 25.7 Å². The maximum absolute atomic E-state index is 11.7. The highest BCUT2D eigenvalue weighted by molar-refractivity contribution is 5.90. The van der Waals surface area contributed by atoms with E-state index in [0.717, 1.165) is 40.5 Å². The molecule has 48 heavy (non-hydrogen) atoms. The summed E-state index contributed by atoms with van der Waals surface area (Å²) >= 11 is 0. The summed E-state index contributed by atoms with van der Waals surface area (Å²) in [5.41, 5.74) is 15.2. The van der Waals surface area contributed by atoms with Gasteiger partial charge < -0.3 is 21.4 Å². The number of carbonyl (C=O) groups excluding carboxylic acids is 2. The Morgan fingerprint density at radius 3 is 1.81 bits per heavy atom. The fraction of sp³-hybridized carbons (Fsp3) is 0.412. The first kappa shape index (κ1) is 25.7. The molecule has 248 valence electrons. The zero-order valence-electron chi connectivity index (χ0n) is 31.2. The van der Waals surface area contributed by atoms with E-state index in [1.165, 1.54) is 30.0 Å². The van der Waals surface area contributed by atoms with Crippen LogP contribution >= 0.6 is 0 Å². The lowest BCUT2D eigenvalue weighted by Gasteiger charge is -2.22. The molecule has 0 saturated heterocycles. The van der Waals surface area contributed by atoms with Crippen LogP contribution in [0.5, 0.6) is 0 Å². The van der Waals surface area contributed by atoms with Crippen molar-refractivity contribution in [2.75, 3.05) is 0 Å². The van der Waals surface area contributed by atoms with Crippen molar-refractivity contribution in [2.24, 2.45) is 23.3 Å². The highest BCUT2D eigenvalue weighted by Gasteiger charge is 2.30. The zero-order valence-corrected chi connectivity index (χ0v) is 26.2. The number of H-pyrrole nitrogens is 2. The Morgan fingerprint density at radius 1 is 0.792 bits per heavy atom. The number of carbonyl (C=O) groups is 2. The van der Waals surface area contributed by atoms with Crippen LogP contribution in [0.15, 0.2) is 62.0 Å². The second-order valence-electron chi connectivity index (χ2n) is 12.1. The van der Waals surface area contributed by atoms with E-state index in [9.17, 15) is 9.59 Å². The van der Waals surface area contributed by atoms with Crippen molar-refractivity contribution < 1.29 is 16.4 Å². The number of fused-ring (bicyclic) bond motifs is 2. The van der Waals surface area contributed by atoms with Crippen LogP contribution in [0.2, 0.25) is 0 Å². The molecule has 2 fully saturated rings. The first-order valence-corrected chi connectivity index (χ1v) is 16.0. The van der Waals surface area contributed by atoms with E-state index in [2.05, 4.69) is 40.1 Å². The molecule has 0 unspecified atom stereocenters. The number of aromatic nitrogens is 10. The van der Waals surface area contributed by atoms with Gasteiger partial charge in [-0.2, -0.15) is 10.2 Å². The van der Waals surface area contributed by atoms with Gasteiger partial charge in [0.1, 0.15) is 23.9 Å². The van der Waals surface area contributed by atoms with Gasteiger partial charge in [0.2, 0.25) is 11.8 Å². The van der Waals surface area contributed by atoms with Gasteiger partial charge in [-0.05, 0) is 49.5 Å². The monoisotopic (exact) mass is 653 g/mol. The third-order valence-electron chi connectivity index (χ3n) is 8.95. The molecular weight excluding hydrogens is 608 g/mol. The summed E-state index contributed by atoms with van der Waals surface area (Å²) in [7, 11) is 0. The van der Waals surface area contributed by atoms with Crippen molar-refractivity contribution in [1.82, 2.24) is 49.5 Å². The van der Waals surface area contributed by atoms with Gasteiger partial charge >= 0.3 is 0 Å². The van der Waals surface area contributed by atoms with Gasteiger partial charge in [-0.15, -0.1) is 0 Å². The Balaban J connectivity index is 0.000000167. The van der Waals surface area contributed by atoms with Gasteiger partial charge in [-0.3, -0.25) is 19.0 Å². The molecule has 6 N–H and O–H groups in total. The number of nitrogens with zero attached hydrogens (tertiary/aromatic N) is 8. The quantitative estimate of drug-likeness (QED) is 0.160. The van der Waals surface area contributed by atoms with E-state index >= 15 is 0 Å². The maximum atomic E-state index is 11.7. The van der Waals surface area contributed by atoms with Gasteiger partial charge in [-0.25, -0.2) is 19.9 Å². The molecule has 0 aromatic carbocycles. The average Bonchev–Trinajstić information content (AvgIpc) is 3.98. The standard InChI is InChI=1S/2C17H20N6O/c2*18-15(24)7-14(11-3-1-2-4-11)23-9-12(8-22-23)16-13-5-6-19-17(13)21-10-20-16/h2*5-6,8-11,14H,1-4,7H2,(H2,18,24)(H,19,20,21)/t2*14-/m11/s1/i3D2,4D2,11D;. The Hall–Kier alpha value is -5.40. The Bertz CT molecular complexity index is 2240. The molecule has 6 aromatic heterocycles. The smallest absolute Gasteiger partial charge is 0.219 e. The van der Waals surface area contributed by atoms with Crippen LogP contribution < -0.4 is 11.5 Å². The van der Waals surface area contributed by atoms with E-state index in [-0.39, 0.29) is 24.8 Å². The Morgan fingerprint density at radius 2 is 1.29 bits per heavy atom. The molecule has 14 nitrogen and oxygen atoms in total. The lowest BCUT2D eigenvalue weighted by Crippen LogP contribution is -2.24. The van der Waals surface area contributed by atoms with Crippen molar-refractivity contribution in [2.45, 2.75) is 76.2 Å². The topological polar surface area (TPSA) is 205 Å². The molecular formula is C34H40N12O2. The summed E-state index contributed by atoms with van der Waals surface area (Å²) in [5, 5.41) is 10.5. The summed E-state index contributed by atoms with van der Waals surface area (Å²) in [4.78, 5) is 46.4. The molecule has 0 spiro atoms. The zero-order chi connectivity index (χ0) is 37.5. The minimum absolute atomic E-state index is 0.0299. The number of hydrogen-bond donors (Lipinski definition) is 4. The number of nitrogens with one attached hydrogen (secondary N) is 2. The second kappa shape index (κ2) is 13.8. The number of hydrogen-bond acceptors (Lipinski definition) is 8. The minimum atomic E-state index is -2.24. The second-order valence-corrected chi connectivity index (χ2v) is 12.1. The van der Waals surface area contributed by atoms with E-state index in [1.807, 2.05) is 29.2 Å². The van der Waals surface area contributed by atoms with Crippen LogP contribution in [-0.2, 0) is 9.59 Å². The van der Waals surface area contributed by atoms with Crippen LogP contribution in [0.1, 0.15) is 83.0 Å². The molecule has 2 saturated carbocycles. The van der Waals surface area contributed by atoms with Crippen LogP contribution in [0.3, 0.4) is 0 Å². The normalized spacial score (nSPS) is 21.0. The largest absolute Gasteiger partial charge is 0.370 e. The van der Waals surface area contributed by atoms with E-state index in [1.54, 1.807) is 24.9 Å². The molecule has 6 aromatic rings. The van der Waals surface area contributed by atoms with Gasteiger partial charge in [0.25, 0.3) is 0 Å². The van der Waals surface area contributed by atoms with Crippen LogP contribution in [0.25, 0.3) is 44.6 Å². The molecule has 2 amide bonds. The lowest BCUT2D eigenvalue weighted by atomic mass is 9.95. The third-order valence-corrected chi connectivity index (χ3v) is 8.95. The van der Waals surface area contributed by atoms with Crippen molar-refractivity contribution in [3.8, 4) is 22.5 Å². The fourth-order valence-electron chi connectivity index (χ4n) is 6.71. The van der Waals surface area contributed by atoms with Crippen LogP contribution in [-0.4, -0.2) is 61.3 Å². The van der Waals surface area contributed by atoms with Crippen molar-refractivity contribution >= 4 is 33.9 Å². The number of primary amides is 2. The number of amides is 2.